The fourth-order valence-corrected chi connectivity index (χ4v) is 3.63. The lowest BCUT2D eigenvalue weighted by molar-refractivity contribution is -0.139. The van der Waals surface area contributed by atoms with Gasteiger partial charge in [-0.15, -0.1) is 0 Å². The number of sulfonamides is 1. The molecule has 7 nitrogen and oxygen atoms in total. The summed E-state index contributed by atoms with van der Waals surface area (Å²) < 4.78 is 27.9. The van der Waals surface area contributed by atoms with E-state index in [2.05, 4.69) is 10.0 Å². The predicted molar refractivity (Wildman–Crippen MR) is 102 cm³/mol. The second-order valence-corrected chi connectivity index (χ2v) is 7.85. The molecule has 2 rings (SSSR count). The van der Waals surface area contributed by atoms with Crippen molar-refractivity contribution in [2.75, 3.05) is 4.72 Å². The highest BCUT2D eigenvalue weighted by Crippen LogP contribution is 2.21. The van der Waals surface area contributed by atoms with Crippen molar-refractivity contribution in [2.24, 2.45) is 0 Å². The molecule has 0 bridgehead atoms. The van der Waals surface area contributed by atoms with E-state index >= 15 is 0 Å². The van der Waals surface area contributed by atoms with Gasteiger partial charge in [-0.3, -0.25) is 9.52 Å². The third-order valence-corrected chi connectivity index (χ3v) is 5.53. The molecular formula is C19H22N2O5S. The van der Waals surface area contributed by atoms with Crippen molar-refractivity contribution in [2.45, 2.75) is 38.1 Å². The molecule has 2 aromatic rings. The maximum absolute atomic E-state index is 12.7. The molecular weight excluding hydrogens is 368 g/mol. The summed E-state index contributed by atoms with van der Waals surface area (Å²) in [7, 11) is -3.91. The third-order valence-electron chi connectivity index (χ3n) is 4.17. The molecule has 0 saturated carbocycles. The number of aliphatic carboxylic acids is 1. The first kappa shape index (κ1) is 20.4. The van der Waals surface area contributed by atoms with E-state index < -0.39 is 27.9 Å². The van der Waals surface area contributed by atoms with E-state index in [-0.39, 0.29) is 16.9 Å². The van der Waals surface area contributed by atoms with Gasteiger partial charge in [0.15, 0.2) is 0 Å². The van der Waals surface area contributed by atoms with Gasteiger partial charge in [-0.2, -0.15) is 0 Å². The highest BCUT2D eigenvalue weighted by Gasteiger charge is 2.22. The number of anilines is 1. The maximum Gasteiger partial charge on any atom is 0.326 e. The average Bonchev–Trinajstić information content (AvgIpc) is 2.61. The highest BCUT2D eigenvalue weighted by molar-refractivity contribution is 7.92. The minimum Gasteiger partial charge on any atom is -0.480 e. The molecule has 1 unspecified atom stereocenters. The molecule has 1 atom stereocenters. The number of para-hydroxylation sites is 1. The third kappa shape index (κ3) is 4.85. The molecule has 0 heterocycles. The SMILES string of the molecule is CCC(NC(=O)c1cc(S(=O)(=O)Nc2ccccc2C)ccc1C)C(=O)O. The molecule has 144 valence electrons. The molecule has 3 N–H and O–H groups in total. The Morgan fingerprint density at radius 3 is 2.33 bits per heavy atom. The molecule has 2 aromatic carbocycles. The second kappa shape index (κ2) is 8.22. The Kier molecular flexibility index (Phi) is 6.22. The molecule has 0 spiro atoms. The molecule has 8 heteroatoms. The van der Waals surface area contributed by atoms with Gasteiger partial charge in [0, 0.05) is 5.56 Å². The number of carbonyl (C=O) groups excluding carboxylic acids is 1. The second-order valence-electron chi connectivity index (χ2n) is 6.17. The summed E-state index contributed by atoms with van der Waals surface area (Å²) in [5.41, 5.74) is 1.87. The fourth-order valence-electron chi connectivity index (χ4n) is 2.48. The van der Waals surface area contributed by atoms with E-state index in [1.165, 1.54) is 18.2 Å². The average molecular weight is 390 g/mol. The maximum atomic E-state index is 12.7. The summed E-state index contributed by atoms with van der Waals surface area (Å²) in [6.45, 7) is 5.07. The van der Waals surface area contributed by atoms with Gasteiger partial charge in [0.25, 0.3) is 15.9 Å². The molecule has 0 radical (unpaired) electrons. The van der Waals surface area contributed by atoms with Crippen molar-refractivity contribution < 1.29 is 23.1 Å². The van der Waals surface area contributed by atoms with Gasteiger partial charge in [0.2, 0.25) is 0 Å². The molecule has 1 amide bonds. The summed E-state index contributed by atoms with van der Waals surface area (Å²) in [6.07, 6.45) is 0.215. The number of carbonyl (C=O) groups is 2. The standard InChI is InChI=1S/C19H22N2O5S/c1-4-16(19(23)24)20-18(22)15-11-14(10-9-12(15)2)27(25,26)21-17-8-6-5-7-13(17)3/h5-11,16,21H,4H2,1-3H3,(H,20,22)(H,23,24). The van der Waals surface area contributed by atoms with E-state index in [1.807, 2.05) is 0 Å². The normalized spacial score (nSPS) is 12.3. The van der Waals surface area contributed by atoms with Crippen molar-refractivity contribution in [1.29, 1.82) is 0 Å². The largest absolute Gasteiger partial charge is 0.480 e. The van der Waals surface area contributed by atoms with Crippen LogP contribution in [0, 0.1) is 13.8 Å². The minimum atomic E-state index is -3.91. The van der Waals surface area contributed by atoms with Crippen molar-refractivity contribution in [1.82, 2.24) is 5.32 Å². The van der Waals surface area contributed by atoms with Crippen LogP contribution in [0.25, 0.3) is 0 Å². The van der Waals surface area contributed by atoms with Crippen molar-refractivity contribution in [3.8, 4) is 0 Å². The van der Waals surface area contributed by atoms with Gasteiger partial charge in [-0.05, 0) is 49.6 Å². The summed E-state index contributed by atoms with van der Waals surface area (Å²) in [6, 6.07) is 10.1. The van der Waals surface area contributed by atoms with Crippen LogP contribution < -0.4 is 10.0 Å². The fraction of sp³-hybridized carbons (Fsp3) is 0.263. The quantitative estimate of drug-likeness (QED) is 0.673. The smallest absolute Gasteiger partial charge is 0.326 e. The number of rotatable bonds is 7. The lowest BCUT2D eigenvalue weighted by Crippen LogP contribution is -2.40. The zero-order chi connectivity index (χ0) is 20.2. The van der Waals surface area contributed by atoms with Crippen LogP contribution in [-0.2, 0) is 14.8 Å². The van der Waals surface area contributed by atoms with Crippen LogP contribution in [0.2, 0.25) is 0 Å². The monoisotopic (exact) mass is 390 g/mol. The number of amides is 1. The van der Waals surface area contributed by atoms with Gasteiger partial charge in [-0.1, -0.05) is 31.2 Å². The van der Waals surface area contributed by atoms with Gasteiger partial charge in [0.05, 0.1) is 10.6 Å². The van der Waals surface area contributed by atoms with Crippen LogP contribution in [0.15, 0.2) is 47.4 Å². The molecule has 0 aliphatic carbocycles. The van der Waals surface area contributed by atoms with Gasteiger partial charge < -0.3 is 10.4 Å². The Hall–Kier alpha value is -2.87. The van der Waals surface area contributed by atoms with Crippen LogP contribution in [0.3, 0.4) is 0 Å². The van der Waals surface area contributed by atoms with E-state index in [1.54, 1.807) is 45.0 Å². The lowest BCUT2D eigenvalue weighted by atomic mass is 10.1. The van der Waals surface area contributed by atoms with Crippen molar-refractivity contribution >= 4 is 27.6 Å². The van der Waals surface area contributed by atoms with Crippen LogP contribution in [0.4, 0.5) is 5.69 Å². The van der Waals surface area contributed by atoms with E-state index in [0.29, 0.717) is 11.3 Å². The first-order valence-corrected chi connectivity index (χ1v) is 9.86. The number of aryl methyl sites for hydroxylation is 2. The van der Waals surface area contributed by atoms with E-state index in [9.17, 15) is 18.0 Å². The molecule has 0 aliphatic rings. The Morgan fingerprint density at radius 1 is 1.07 bits per heavy atom. The van der Waals surface area contributed by atoms with Crippen LogP contribution in [0.5, 0.6) is 0 Å². The Labute approximate surface area is 158 Å². The zero-order valence-corrected chi connectivity index (χ0v) is 16.1. The number of nitrogens with one attached hydrogen (secondary N) is 2. The molecule has 27 heavy (non-hydrogen) atoms. The number of carboxylic acids is 1. The topological polar surface area (TPSA) is 113 Å². The number of hydrogen-bond donors (Lipinski definition) is 3. The summed E-state index contributed by atoms with van der Waals surface area (Å²) in [5.74, 6) is -1.77. The molecule has 0 fully saturated rings. The van der Waals surface area contributed by atoms with Gasteiger partial charge in [-0.25, -0.2) is 13.2 Å². The Balaban J connectivity index is 2.34. The lowest BCUT2D eigenvalue weighted by Gasteiger charge is -2.15. The van der Waals surface area contributed by atoms with Crippen LogP contribution in [0.1, 0.15) is 34.8 Å². The van der Waals surface area contributed by atoms with Gasteiger partial charge >= 0.3 is 5.97 Å². The number of carboxylic acid groups (broad SMARTS) is 1. The zero-order valence-electron chi connectivity index (χ0n) is 15.3. The molecule has 0 aliphatic heterocycles. The predicted octanol–water partition coefficient (Wildman–Crippen LogP) is 2.70. The first-order valence-electron chi connectivity index (χ1n) is 8.38. The van der Waals surface area contributed by atoms with Crippen molar-refractivity contribution in [3.63, 3.8) is 0 Å². The van der Waals surface area contributed by atoms with Crippen molar-refractivity contribution in [3.05, 3.63) is 59.2 Å². The minimum absolute atomic E-state index is 0.0788. The van der Waals surface area contributed by atoms with Crippen LogP contribution in [-0.4, -0.2) is 31.4 Å². The Morgan fingerprint density at radius 2 is 1.74 bits per heavy atom. The van der Waals surface area contributed by atoms with Crippen LogP contribution >= 0.6 is 0 Å². The number of hydrogen-bond acceptors (Lipinski definition) is 4. The summed E-state index contributed by atoms with van der Waals surface area (Å²) >= 11 is 0. The Bertz CT molecular complexity index is 970. The summed E-state index contributed by atoms with van der Waals surface area (Å²) in [4.78, 5) is 23.5. The van der Waals surface area contributed by atoms with E-state index in [4.69, 9.17) is 5.11 Å². The van der Waals surface area contributed by atoms with E-state index in [0.717, 1.165) is 5.56 Å². The summed E-state index contributed by atoms with van der Waals surface area (Å²) in [5, 5.41) is 11.5. The first-order chi connectivity index (χ1) is 12.7. The molecule has 0 aromatic heterocycles. The highest BCUT2D eigenvalue weighted by atomic mass is 32.2. The van der Waals surface area contributed by atoms with Gasteiger partial charge in [0.1, 0.15) is 6.04 Å². The molecule has 0 saturated heterocycles. The number of benzene rings is 2.